The van der Waals surface area contributed by atoms with E-state index in [-0.39, 0.29) is 11.8 Å². The van der Waals surface area contributed by atoms with Gasteiger partial charge in [0.25, 0.3) is 5.91 Å². The largest absolute Gasteiger partial charge is 0.296 e. The molecule has 2 heterocycles. The van der Waals surface area contributed by atoms with Crippen LogP contribution in [0, 0.1) is 0 Å². The third kappa shape index (κ3) is 3.28. The summed E-state index contributed by atoms with van der Waals surface area (Å²) in [5.74, 6) is 0.361. The standard InChI is InChI=1S/C18H20N4OS/c1-10(2)15-9-13(12-7-5-6-8-14(12)19-15)16(23)20-18-22-21-17(24-18)11(3)4/h5-11H,1-4H3,(H,20,22,23). The summed E-state index contributed by atoms with van der Waals surface area (Å²) < 4.78 is 0. The zero-order valence-electron chi connectivity index (χ0n) is 14.2. The first-order valence-corrected chi connectivity index (χ1v) is 8.81. The molecule has 0 atom stereocenters. The van der Waals surface area contributed by atoms with Gasteiger partial charge in [-0.3, -0.25) is 15.1 Å². The lowest BCUT2D eigenvalue weighted by molar-refractivity contribution is 0.102. The second-order valence-electron chi connectivity index (χ2n) is 6.32. The number of carbonyl (C=O) groups is 1. The molecule has 0 saturated heterocycles. The van der Waals surface area contributed by atoms with E-state index >= 15 is 0 Å². The molecule has 0 radical (unpaired) electrons. The Morgan fingerprint density at radius 1 is 1.08 bits per heavy atom. The molecule has 1 aromatic carbocycles. The predicted octanol–water partition coefficient (Wildman–Crippen LogP) is 4.59. The molecule has 0 spiro atoms. The highest BCUT2D eigenvalue weighted by Crippen LogP contribution is 2.25. The number of benzene rings is 1. The second kappa shape index (κ2) is 6.65. The lowest BCUT2D eigenvalue weighted by Gasteiger charge is -2.11. The quantitative estimate of drug-likeness (QED) is 0.754. The number of hydrogen-bond donors (Lipinski definition) is 1. The van der Waals surface area contributed by atoms with Gasteiger partial charge < -0.3 is 0 Å². The van der Waals surface area contributed by atoms with E-state index in [1.165, 1.54) is 11.3 Å². The fourth-order valence-corrected chi connectivity index (χ4v) is 3.10. The maximum atomic E-state index is 12.8. The van der Waals surface area contributed by atoms with Gasteiger partial charge in [-0.1, -0.05) is 57.2 Å². The van der Waals surface area contributed by atoms with Gasteiger partial charge in [-0.05, 0) is 18.1 Å². The van der Waals surface area contributed by atoms with Crippen molar-refractivity contribution in [3.05, 3.63) is 46.6 Å². The van der Waals surface area contributed by atoms with Gasteiger partial charge in [0.15, 0.2) is 0 Å². The van der Waals surface area contributed by atoms with Crippen LogP contribution in [0.1, 0.15) is 60.6 Å². The number of amides is 1. The van der Waals surface area contributed by atoms with Crippen LogP contribution in [0.3, 0.4) is 0 Å². The predicted molar refractivity (Wildman–Crippen MR) is 97.8 cm³/mol. The molecule has 0 aliphatic rings. The Morgan fingerprint density at radius 2 is 1.83 bits per heavy atom. The zero-order chi connectivity index (χ0) is 17.3. The van der Waals surface area contributed by atoms with E-state index in [2.05, 4.69) is 48.2 Å². The third-order valence-corrected chi connectivity index (χ3v) is 4.87. The number of rotatable bonds is 4. The summed E-state index contributed by atoms with van der Waals surface area (Å²) in [5.41, 5.74) is 2.35. The van der Waals surface area contributed by atoms with E-state index in [1.54, 1.807) is 0 Å². The van der Waals surface area contributed by atoms with Crippen molar-refractivity contribution in [3.8, 4) is 0 Å². The Kier molecular flexibility index (Phi) is 4.57. The smallest absolute Gasteiger partial charge is 0.258 e. The fraction of sp³-hybridized carbons (Fsp3) is 0.333. The van der Waals surface area contributed by atoms with Crippen LogP contribution < -0.4 is 5.32 Å². The first-order valence-electron chi connectivity index (χ1n) is 8.00. The topological polar surface area (TPSA) is 67.8 Å². The molecule has 6 heteroatoms. The molecule has 1 N–H and O–H groups in total. The average molecular weight is 340 g/mol. The maximum absolute atomic E-state index is 12.8. The Labute approximate surface area is 145 Å². The second-order valence-corrected chi connectivity index (χ2v) is 7.33. The van der Waals surface area contributed by atoms with Crippen LogP contribution in [-0.2, 0) is 0 Å². The third-order valence-electron chi connectivity index (χ3n) is 3.73. The highest BCUT2D eigenvalue weighted by atomic mass is 32.1. The molecular weight excluding hydrogens is 320 g/mol. The summed E-state index contributed by atoms with van der Waals surface area (Å²) in [6, 6.07) is 9.56. The van der Waals surface area contributed by atoms with Crippen molar-refractivity contribution in [2.24, 2.45) is 0 Å². The highest BCUT2D eigenvalue weighted by Gasteiger charge is 2.16. The molecule has 0 unspecified atom stereocenters. The Balaban J connectivity index is 1.98. The van der Waals surface area contributed by atoms with Crippen molar-refractivity contribution >= 4 is 33.3 Å². The minimum Gasteiger partial charge on any atom is -0.296 e. The van der Waals surface area contributed by atoms with Crippen molar-refractivity contribution in [1.29, 1.82) is 0 Å². The van der Waals surface area contributed by atoms with Crippen LogP contribution in [0.25, 0.3) is 10.9 Å². The Hall–Kier alpha value is -2.34. The summed E-state index contributed by atoms with van der Waals surface area (Å²) in [6.45, 7) is 8.24. The summed E-state index contributed by atoms with van der Waals surface area (Å²) in [6.07, 6.45) is 0. The molecule has 1 amide bonds. The van der Waals surface area contributed by atoms with E-state index in [9.17, 15) is 4.79 Å². The van der Waals surface area contributed by atoms with Gasteiger partial charge in [0.05, 0.1) is 11.1 Å². The number of aromatic nitrogens is 3. The molecule has 24 heavy (non-hydrogen) atoms. The summed E-state index contributed by atoms with van der Waals surface area (Å²) >= 11 is 1.41. The van der Waals surface area contributed by atoms with Crippen LogP contribution in [0.5, 0.6) is 0 Å². The van der Waals surface area contributed by atoms with Crippen molar-refractivity contribution in [1.82, 2.24) is 15.2 Å². The summed E-state index contributed by atoms with van der Waals surface area (Å²) in [5, 5.41) is 13.3. The molecule has 3 rings (SSSR count). The van der Waals surface area contributed by atoms with Crippen LogP contribution in [-0.4, -0.2) is 21.1 Å². The molecule has 124 valence electrons. The molecular formula is C18H20N4OS. The van der Waals surface area contributed by atoms with Crippen LogP contribution in [0.15, 0.2) is 30.3 Å². The van der Waals surface area contributed by atoms with Gasteiger partial charge >= 0.3 is 0 Å². The molecule has 0 aliphatic carbocycles. The van der Waals surface area contributed by atoms with Crippen molar-refractivity contribution in [2.75, 3.05) is 5.32 Å². The first kappa shape index (κ1) is 16.5. The lowest BCUT2D eigenvalue weighted by atomic mass is 10.0. The van der Waals surface area contributed by atoms with E-state index < -0.39 is 0 Å². The van der Waals surface area contributed by atoms with Crippen LogP contribution >= 0.6 is 11.3 Å². The molecule has 0 aliphatic heterocycles. The number of hydrogen-bond acceptors (Lipinski definition) is 5. The number of anilines is 1. The molecule has 2 aromatic heterocycles. The van der Waals surface area contributed by atoms with Crippen molar-refractivity contribution in [2.45, 2.75) is 39.5 Å². The lowest BCUT2D eigenvalue weighted by Crippen LogP contribution is -2.13. The molecule has 0 bridgehead atoms. The molecule has 5 nitrogen and oxygen atoms in total. The van der Waals surface area contributed by atoms with Gasteiger partial charge in [-0.15, -0.1) is 10.2 Å². The van der Waals surface area contributed by atoms with E-state index in [0.717, 1.165) is 21.6 Å². The highest BCUT2D eigenvalue weighted by molar-refractivity contribution is 7.15. The first-order chi connectivity index (χ1) is 11.5. The monoisotopic (exact) mass is 340 g/mol. The van der Waals surface area contributed by atoms with E-state index in [0.29, 0.717) is 16.6 Å². The van der Waals surface area contributed by atoms with Crippen molar-refractivity contribution in [3.63, 3.8) is 0 Å². The van der Waals surface area contributed by atoms with E-state index in [1.807, 2.05) is 30.3 Å². The van der Waals surface area contributed by atoms with Gasteiger partial charge in [0, 0.05) is 17.0 Å². The maximum Gasteiger partial charge on any atom is 0.258 e. The molecule has 0 saturated carbocycles. The zero-order valence-corrected chi connectivity index (χ0v) is 15.0. The van der Waals surface area contributed by atoms with Gasteiger partial charge in [-0.2, -0.15) is 0 Å². The summed E-state index contributed by atoms with van der Waals surface area (Å²) in [4.78, 5) is 17.4. The number of pyridine rings is 1. The number of fused-ring (bicyclic) bond motifs is 1. The van der Waals surface area contributed by atoms with Crippen molar-refractivity contribution < 1.29 is 4.79 Å². The number of para-hydroxylation sites is 1. The van der Waals surface area contributed by atoms with E-state index in [4.69, 9.17) is 0 Å². The molecule has 0 fully saturated rings. The number of carbonyl (C=O) groups excluding carboxylic acids is 1. The van der Waals surface area contributed by atoms with Crippen LogP contribution in [0.2, 0.25) is 0 Å². The summed E-state index contributed by atoms with van der Waals surface area (Å²) in [7, 11) is 0. The minimum absolute atomic E-state index is 0.179. The van der Waals surface area contributed by atoms with Gasteiger partial charge in [0.1, 0.15) is 5.01 Å². The van der Waals surface area contributed by atoms with Gasteiger partial charge in [0.2, 0.25) is 5.13 Å². The SMILES string of the molecule is CC(C)c1cc(C(=O)Nc2nnc(C(C)C)s2)c2ccccc2n1. The van der Waals surface area contributed by atoms with Gasteiger partial charge in [-0.25, -0.2) is 0 Å². The average Bonchev–Trinajstić information content (AvgIpc) is 3.02. The number of nitrogens with one attached hydrogen (secondary N) is 1. The minimum atomic E-state index is -0.179. The Morgan fingerprint density at radius 3 is 2.50 bits per heavy atom. The normalized spacial score (nSPS) is 11.4. The Bertz CT molecular complexity index is 886. The molecule has 3 aromatic rings. The number of nitrogens with zero attached hydrogens (tertiary/aromatic N) is 3. The van der Waals surface area contributed by atoms with Crippen LogP contribution in [0.4, 0.5) is 5.13 Å². The fourth-order valence-electron chi connectivity index (χ4n) is 2.36.